The summed E-state index contributed by atoms with van der Waals surface area (Å²) >= 11 is 5.85. The first-order valence-electron chi connectivity index (χ1n) is 39.5. The molecule has 0 aliphatic carbocycles. The summed E-state index contributed by atoms with van der Waals surface area (Å²) in [6.45, 7) is 6.50. The molecular weight excluding hydrogens is 1690 g/mol. The fourth-order valence-corrected chi connectivity index (χ4v) is 12.5. The Hall–Kier alpha value is -18.6. The molecule has 0 bridgehead atoms. The first-order valence-corrected chi connectivity index (χ1v) is 39.9. The molecule has 0 fully saturated rings. The standard InChI is InChI=1S/C16H12N4O.3C13H11N5O.C12H8ClN5O.C12H10N4O2.C10H11N5O/c1-2-4-13-7-11(5-6-12(13)3-1)8-21-16-14-15(18-9-17-14)19-10-20-16;1-8-2-4-9(5-3-8)13(19)18-12-10-11(15-6-14-10)16-7-17-12;1-18(13(19)9-5-3-2-4-6-9)12-10-11(15-7-14-10)16-8-17-12;19-10(6-9-4-2-1-3-5-9)18-13-11-12(15-7-14-11)16-8-17-13;13-8-3-1-2-7(4-8)12(19)18-11-9-10(15-5-14-9)16-6-17-11;17-9-3-1-8(2-4-9)5-18-12-10-11(14-6-13-10)15-7-16-12;1-6(2)3-7(16)15-10-8-9(12-4-11-8)13-5-14-10/h1-7,9-10H,8H2,(H,17,18,19,20);2-7H,1H3,(H2,14,15,16,17,18,19);2-8H,1H3,(H,14,15,16,17);1-5,7-8H,6H2,(H2,14,15,16,17,18,19);1-6H,(H2,14,15,16,17,18,19);1-4,6-7,17H,5H2,(H,13,14,15,16);3-5H,1-2H3,(H2,11,12,13,14,15,16). The molecule has 21 aromatic rings. The van der Waals surface area contributed by atoms with Crippen LogP contribution in [0.5, 0.6) is 17.5 Å². The van der Waals surface area contributed by atoms with E-state index in [-0.39, 0.29) is 35.3 Å². The lowest BCUT2D eigenvalue weighted by atomic mass is 10.1. The molecule has 42 heteroatoms. The maximum Gasteiger partial charge on any atom is 0.259 e. The van der Waals surface area contributed by atoms with E-state index in [2.05, 4.69) is 191 Å². The summed E-state index contributed by atoms with van der Waals surface area (Å²) in [4.78, 5) is 166. The fourth-order valence-electron chi connectivity index (χ4n) is 12.3. The quantitative estimate of drug-likeness (QED) is 0.0377. The Morgan fingerprint density at radius 3 is 1.28 bits per heavy atom. The number of H-pyrrole nitrogens is 7. The minimum atomic E-state index is -0.294. The Morgan fingerprint density at radius 1 is 0.374 bits per heavy atom. The number of phenolic OH excluding ortho intramolecular Hbond substituents is 1. The van der Waals surface area contributed by atoms with Crippen LogP contribution in [0.4, 0.5) is 29.1 Å². The van der Waals surface area contributed by atoms with Crippen molar-refractivity contribution in [3.8, 4) is 17.5 Å². The van der Waals surface area contributed by atoms with Crippen LogP contribution in [0.2, 0.25) is 5.02 Å². The minimum Gasteiger partial charge on any atom is -0.508 e. The van der Waals surface area contributed by atoms with Gasteiger partial charge in [-0.1, -0.05) is 138 Å². The van der Waals surface area contributed by atoms with Gasteiger partial charge in [0.05, 0.1) is 50.7 Å². The molecule has 131 heavy (non-hydrogen) atoms. The van der Waals surface area contributed by atoms with Gasteiger partial charge in [0, 0.05) is 34.8 Å². The number of nitrogens with one attached hydrogen (secondary N) is 11. The number of carbonyl (C=O) groups excluding carboxylic acids is 5. The molecule has 5 amide bonds. The van der Waals surface area contributed by atoms with E-state index in [9.17, 15) is 29.1 Å². The van der Waals surface area contributed by atoms with E-state index < -0.39 is 0 Å². The second-order valence-corrected chi connectivity index (χ2v) is 28.5. The molecule has 0 saturated carbocycles. The summed E-state index contributed by atoms with van der Waals surface area (Å²) in [5.74, 6) is 2.44. The number of imidazole rings is 7. The van der Waals surface area contributed by atoms with Gasteiger partial charge >= 0.3 is 0 Å². The first kappa shape index (κ1) is 87.3. The van der Waals surface area contributed by atoms with E-state index in [1.165, 1.54) is 97.7 Å². The van der Waals surface area contributed by atoms with Gasteiger partial charge in [-0.05, 0) is 109 Å². The Kier molecular flexibility index (Phi) is 28.1. The number of nitrogens with zero attached hydrogens (tertiary/aromatic N) is 22. The molecule has 21 rings (SSSR count). The number of ether oxygens (including phenoxy) is 2. The van der Waals surface area contributed by atoms with E-state index in [0.717, 1.165) is 33.3 Å². The Bertz CT molecular complexity index is 7530. The largest absolute Gasteiger partial charge is 0.508 e. The number of benzene rings is 7. The van der Waals surface area contributed by atoms with Gasteiger partial charge in [0.25, 0.3) is 17.7 Å². The molecule has 0 spiro atoms. The summed E-state index contributed by atoms with van der Waals surface area (Å²) in [5, 5.41) is 23.0. The molecule has 0 aliphatic rings. The van der Waals surface area contributed by atoms with Crippen molar-refractivity contribution in [3.63, 3.8) is 0 Å². The number of aromatic amines is 7. The molecule has 650 valence electrons. The third-order valence-corrected chi connectivity index (χ3v) is 18.8. The average Bonchev–Trinajstić information content (AvgIpc) is 1.72. The first-order chi connectivity index (χ1) is 64.0. The number of anilines is 5. The van der Waals surface area contributed by atoms with Crippen LogP contribution in [0.1, 0.15) is 67.2 Å². The number of aromatic hydroxyl groups is 1. The van der Waals surface area contributed by atoms with E-state index in [4.69, 9.17) is 21.1 Å². The fraction of sp³-hybridized carbons (Fsp3) is 0.0787. The van der Waals surface area contributed by atoms with Crippen LogP contribution in [-0.4, -0.2) is 181 Å². The van der Waals surface area contributed by atoms with Crippen molar-refractivity contribution in [2.75, 3.05) is 33.2 Å². The summed E-state index contributed by atoms with van der Waals surface area (Å²) in [7, 11) is 1.68. The van der Waals surface area contributed by atoms with E-state index in [0.29, 0.717) is 155 Å². The molecule has 14 aromatic heterocycles. The Labute approximate surface area is 744 Å². The van der Waals surface area contributed by atoms with Gasteiger partial charge in [0.1, 0.15) is 102 Å². The molecular formula is C89H74ClN33O8. The van der Waals surface area contributed by atoms with Gasteiger partial charge in [-0.3, -0.25) is 28.9 Å². The highest BCUT2D eigenvalue weighted by Crippen LogP contribution is 2.26. The van der Waals surface area contributed by atoms with Crippen molar-refractivity contribution >= 4 is 159 Å². The summed E-state index contributed by atoms with van der Waals surface area (Å²) in [6, 6.07) is 54.0. The van der Waals surface area contributed by atoms with Crippen molar-refractivity contribution in [2.45, 2.75) is 40.4 Å². The number of allylic oxidation sites excluding steroid dienone is 1. The highest BCUT2D eigenvalue weighted by atomic mass is 35.5. The molecule has 0 saturated heterocycles. The van der Waals surface area contributed by atoms with E-state index in [1.54, 1.807) is 92.5 Å². The highest BCUT2D eigenvalue weighted by Gasteiger charge is 2.20. The number of aryl methyl sites for hydroxylation is 1. The number of phenols is 1. The van der Waals surface area contributed by atoms with Crippen LogP contribution in [0.15, 0.2) is 276 Å². The maximum atomic E-state index is 12.3. The van der Waals surface area contributed by atoms with Crippen LogP contribution in [0, 0.1) is 6.92 Å². The molecule has 0 unspecified atom stereocenters. The number of halogens is 1. The third-order valence-electron chi connectivity index (χ3n) is 18.6. The van der Waals surface area contributed by atoms with Gasteiger partial charge in [-0.25, -0.2) is 94.7 Å². The monoisotopic (exact) mass is 1770 g/mol. The smallest absolute Gasteiger partial charge is 0.259 e. The lowest BCUT2D eigenvalue weighted by molar-refractivity contribution is -0.115. The van der Waals surface area contributed by atoms with Gasteiger partial charge in [0.2, 0.25) is 23.6 Å². The average molecular weight is 1770 g/mol. The topological polar surface area (TPSA) is 557 Å². The van der Waals surface area contributed by atoms with Crippen molar-refractivity contribution in [1.82, 2.24) is 140 Å². The predicted molar refractivity (Wildman–Crippen MR) is 487 cm³/mol. The number of aromatic nitrogens is 28. The normalized spacial score (nSPS) is 10.6. The highest BCUT2D eigenvalue weighted by molar-refractivity contribution is 6.31. The second-order valence-electron chi connectivity index (χ2n) is 28.0. The van der Waals surface area contributed by atoms with Gasteiger partial charge in [0.15, 0.2) is 68.6 Å². The lowest BCUT2D eigenvalue weighted by Gasteiger charge is -2.16. The van der Waals surface area contributed by atoms with Gasteiger partial charge in [-0.2, -0.15) is 9.97 Å². The predicted octanol–water partition coefficient (Wildman–Crippen LogP) is 13.3. The summed E-state index contributed by atoms with van der Waals surface area (Å²) in [5.41, 5.74) is 15.0. The maximum absolute atomic E-state index is 12.3. The van der Waals surface area contributed by atoms with Crippen molar-refractivity contribution in [3.05, 3.63) is 320 Å². The molecule has 0 atom stereocenters. The van der Waals surface area contributed by atoms with Crippen LogP contribution in [-0.2, 0) is 29.2 Å². The summed E-state index contributed by atoms with van der Waals surface area (Å²) < 4.78 is 11.4. The lowest BCUT2D eigenvalue weighted by Crippen LogP contribution is -2.27. The molecule has 14 heterocycles. The molecule has 0 radical (unpaired) electrons. The van der Waals surface area contributed by atoms with Crippen LogP contribution < -0.4 is 35.6 Å². The Morgan fingerprint density at radius 2 is 0.779 bits per heavy atom. The van der Waals surface area contributed by atoms with E-state index in [1.807, 2.05) is 93.6 Å². The van der Waals surface area contributed by atoms with Crippen LogP contribution >= 0.6 is 11.6 Å². The second kappa shape index (κ2) is 42.2. The molecule has 12 N–H and O–H groups in total. The zero-order chi connectivity index (χ0) is 90.8. The van der Waals surface area contributed by atoms with E-state index >= 15 is 0 Å². The summed E-state index contributed by atoms with van der Waals surface area (Å²) in [6.07, 6.45) is 22.2. The third kappa shape index (κ3) is 22.9. The molecule has 41 nitrogen and oxygen atoms in total. The Balaban J connectivity index is 0.000000117. The number of amides is 5. The minimum absolute atomic E-state index is 0.124. The van der Waals surface area contributed by atoms with Crippen molar-refractivity contribution in [1.29, 1.82) is 0 Å². The van der Waals surface area contributed by atoms with Crippen molar-refractivity contribution < 1.29 is 38.6 Å². The van der Waals surface area contributed by atoms with Gasteiger partial charge < -0.3 is 70.7 Å². The van der Waals surface area contributed by atoms with Gasteiger partial charge in [-0.15, -0.1) is 0 Å². The van der Waals surface area contributed by atoms with Crippen molar-refractivity contribution in [2.24, 2.45) is 0 Å². The SMILES string of the molecule is CC(C)=CC(=O)Nc1ncnc2nc[nH]c12.CN(C(=O)c1ccccc1)c1ncnc2nc[nH]c12.Cc1ccc(C(=O)Nc2ncnc3nc[nH]c23)cc1.O=C(Cc1ccccc1)Nc1ncnc2nc[nH]c12.O=C(Nc1ncnc2nc[nH]c12)c1cccc(Cl)c1.Oc1ccc(COc2ncnc3nc[nH]c23)cc1.c1ccc2cc(COc3ncnc4nc[nH]c34)ccc2c1. The number of hydrogen-bond donors (Lipinski definition) is 12. The number of fused-ring (bicyclic) bond motifs is 8. The number of rotatable bonds is 17. The van der Waals surface area contributed by atoms with Crippen LogP contribution in [0.3, 0.4) is 0 Å². The zero-order valence-corrected chi connectivity index (χ0v) is 70.3. The molecule has 0 aliphatic heterocycles. The molecule has 7 aromatic carbocycles. The number of carbonyl (C=O) groups is 5. The number of hydrogen-bond acceptors (Lipinski definition) is 29. The zero-order valence-electron chi connectivity index (χ0n) is 69.5. The van der Waals surface area contributed by atoms with Crippen LogP contribution in [0.25, 0.3) is 88.9 Å².